The molecule has 0 bridgehead atoms. The Morgan fingerprint density at radius 2 is 1.90 bits per heavy atom. The van der Waals surface area contributed by atoms with E-state index in [9.17, 15) is 4.79 Å². The molecule has 3 aromatic heterocycles. The standard InChI is InChI=1S/C22H23ClN6O2/c1-13-12-19-25-14(2)18(15(3)29(19)27-13)8-9-20(30)24-11-10-21-26-22(28-31-21)16-4-6-17(23)7-5-16/h4-7,12H,8-11H2,1-3H3,(H,24,30). The molecule has 8 nitrogen and oxygen atoms in total. The normalized spacial score (nSPS) is 11.2. The van der Waals surface area contributed by atoms with E-state index in [1.807, 2.05) is 43.5 Å². The van der Waals surface area contributed by atoms with Crippen molar-refractivity contribution in [2.75, 3.05) is 6.54 Å². The maximum Gasteiger partial charge on any atom is 0.228 e. The van der Waals surface area contributed by atoms with Crippen LogP contribution in [0, 0.1) is 20.8 Å². The highest BCUT2D eigenvalue weighted by atomic mass is 35.5. The molecule has 0 aliphatic rings. The average molecular weight is 439 g/mol. The number of aromatic nitrogens is 5. The lowest BCUT2D eigenvalue weighted by Crippen LogP contribution is -2.26. The number of halogens is 1. The van der Waals surface area contributed by atoms with Gasteiger partial charge in [-0.2, -0.15) is 10.1 Å². The van der Waals surface area contributed by atoms with Crippen LogP contribution in [-0.2, 0) is 17.6 Å². The van der Waals surface area contributed by atoms with Crippen LogP contribution in [0.4, 0.5) is 0 Å². The van der Waals surface area contributed by atoms with Gasteiger partial charge in [-0.05, 0) is 57.0 Å². The second-order valence-corrected chi connectivity index (χ2v) is 7.87. The summed E-state index contributed by atoms with van der Waals surface area (Å²) in [5.41, 5.74) is 5.58. The fraction of sp³-hybridized carbons (Fsp3) is 0.318. The molecule has 1 aromatic carbocycles. The van der Waals surface area contributed by atoms with Crippen molar-refractivity contribution in [1.29, 1.82) is 0 Å². The zero-order valence-corrected chi connectivity index (χ0v) is 18.4. The first-order chi connectivity index (χ1) is 14.9. The number of nitrogens with one attached hydrogen (secondary N) is 1. The summed E-state index contributed by atoms with van der Waals surface area (Å²) in [5.74, 6) is 0.939. The molecule has 0 saturated heterocycles. The minimum atomic E-state index is -0.0343. The Morgan fingerprint density at radius 3 is 2.68 bits per heavy atom. The number of hydrogen-bond donors (Lipinski definition) is 1. The van der Waals surface area contributed by atoms with Gasteiger partial charge in [0, 0.05) is 47.4 Å². The molecule has 1 N–H and O–H groups in total. The smallest absolute Gasteiger partial charge is 0.228 e. The van der Waals surface area contributed by atoms with Crippen LogP contribution in [0.5, 0.6) is 0 Å². The van der Waals surface area contributed by atoms with Gasteiger partial charge in [-0.1, -0.05) is 16.8 Å². The van der Waals surface area contributed by atoms with Crippen LogP contribution in [0.15, 0.2) is 34.9 Å². The number of amides is 1. The van der Waals surface area contributed by atoms with E-state index in [-0.39, 0.29) is 5.91 Å². The fourth-order valence-corrected chi connectivity index (χ4v) is 3.64. The number of hydrogen-bond acceptors (Lipinski definition) is 6. The molecule has 0 aliphatic heterocycles. The monoisotopic (exact) mass is 438 g/mol. The molecule has 31 heavy (non-hydrogen) atoms. The minimum absolute atomic E-state index is 0.0343. The second-order valence-electron chi connectivity index (χ2n) is 7.44. The summed E-state index contributed by atoms with van der Waals surface area (Å²) in [6.45, 7) is 6.35. The van der Waals surface area contributed by atoms with Gasteiger partial charge < -0.3 is 9.84 Å². The molecule has 0 saturated carbocycles. The summed E-state index contributed by atoms with van der Waals surface area (Å²) < 4.78 is 7.11. The highest BCUT2D eigenvalue weighted by Crippen LogP contribution is 2.19. The van der Waals surface area contributed by atoms with E-state index in [4.69, 9.17) is 16.1 Å². The van der Waals surface area contributed by atoms with Crippen LogP contribution in [0.1, 0.15) is 35.0 Å². The van der Waals surface area contributed by atoms with Crippen LogP contribution in [0.25, 0.3) is 17.0 Å². The van der Waals surface area contributed by atoms with E-state index in [2.05, 4.69) is 25.5 Å². The summed E-state index contributed by atoms with van der Waals surface area (Å²) in [7, 11) is 0. The topological polar surface area (TPSA) is 98.2 Å². The zero-order chi connectivity index (χ0) is 22.0. The van der Waals surface area contributed by atoms with Crippen LogP contribution >= 0.6 is 11.6 Å². The van der Waals surface area contributed by atoms with Gasteiger partial charge in [-0.15, -0.1) is 0 Å². The van der Waals surface area contributed by atoms with E-state index >= 15 is 0 Å². The maximum absolute atomic E-state index is 12.3. The molecule has 0 atom stereocenters. The third-order valence-corrected chi connectivity index (χ3v) is 5.37. The van der Waals surface area contributed by atoms with Gasteiger partial charge in [0.25, 0.3) is 0 Å². The van der Waals surface area contributed by atoms with Crippen LogP contribution in [-0.4, -0.2) is 37.2 Å². The van der Waals surface area contributed by atoms with Gasteiger partial charge in [0.1, 0.15) is 0 Å². The second kappa shape index (κ2) is 8.85. The SMILES string of the molecule is Cc1cc2nc(C)c(CCC(=O)NCCc3nc(-c4ccc(Cl)cc4)no3)c(C)n2n1. The Hall–Kier alpha value is -3.26. The van der Waals surface area contributed by atoms with Crippen molar-refractivity contribution in [2.24, 2.45) is 0 Å². The Labute approximate surface area is 184 Å². The molecular weight excluding hydrogens is 416 g/mol. The molecule has 0 fully saturated rings. The summed E-state index contributed by atoms with van der Waals surface area (Å²) in [5, 5.41) is 12.0. The highest BCUT2D eigenvalue weighted by Gasteiger charge is 2.13. The Balaban J connectivity index is 1.29. The summed E-state index contributed by atoms with van der Waals surface area (Å²) >= 11 is 5.90. The quantitative estimate of drug-likeness (QED) is 0.473. The molecule has 0 aliphatic carbocycles. The number of carbonyl (C=O) groups excluding carboxylic acids is 1. The van der Waals surface area contributed by atoms with Gasteiger partial charge in [-0.25, -0.2) is 9.50 Å². The maximum atomic E-state index is 12.3. The molecule has 160 valence electrons. The fourth-order valence-electron chi connectivity index (χ4n) is 3.51. The van der Waals surface area contributed by atoms with Crippen LogP contribution in [0.3, 0.4) is 0 Å². The molecule has 3 heterocycles. The van der Waals surface area contributed by atoms with Crippen molar-refractivity contribution in [3.05, 3.63) is 63.9 Å². The first-order valence-corrected chi connectivity index (χ1v) is 10.5. The molecular formula is C22H23ClN6O2. The van der Waals surface area contributed by atoms with E-state index in [1.165, 1.54) is 0 Å². The van der Waals surface area contributed by atoms with E-state index < -0.39 is 0 Å². The first kappa shape index (κ1) is 21.0. The Bertz CT molecular complexity index is 1230. The predicted octanol–water partition coefficient (Wildman–Crippen LogP) is 3.65. The number of rotatable bonds is 7. The van der Waals surface area contributed by atoms with E-state index in [1.54, 1.807) is 12.1 Å². The lowest BCUT2D eigenvalue weighted by Gasteiger charge is -2.11. The first-order valence-electron chi connectivity index (χ1n) is 10.1. The highest BCUT2D eigenvalue weighted by molar-refractivity contribution is 6.30. The van der Waals surface area contributed by atoms with Gasteiger partial charge in [0.15, 0.2) is 5.65 Å². The van der Waals surface area contributed by atoms with Gasteiger partial charge in [0.2, 0.25) is 17.6 Å². The number of carbonyl (C=O) groups is 1. The van der Waals surface area contributed by atoms with E-state index in [0.717, 1.165) is 33.9 Å². The summed E-state index contributed by atoms with van der Waals surface area (Å²) in [6.07, 6.45) is 1.44. The lowest BCUT2D eigenvalue weighted by atomic mass is 10.1. The van der Waals surface area contributed by atoms with Crippen molar-refractivity contribution < 1.29 is 9.32 Å². The molecule has 1 amide bonds. The largest absolute Gasteiger partial charge is 0.356 e. The van der Waals surface area contributed by atoms with Crippen LogP contribution in [0.2, 0.25) is 5.02 Å². The van der Waals surface area contributed by atoms with Crippen molar-refractivity contribution in [3.8, 4) is 11.4 Å². The third-order valence-electron chi connectivity index (χ3n) is 5.12. The summed E-state index contributed by atoms with van der Waals surface area (Å²) in [6, 6.07) is 9.17. The van der Waals surface area contributed by atoms with Crippen molar-refractivity contribution in [1.82, 2.24) is 30.1 Å². The predicted molar refractivity (Wildman–Crippen MR) is 117 cm³/mol. The zero-order valence-electron chi connectivity index (χ0n) is 17.6. The molecule has 4 rings (SSSR count). The lowest BCUT2D eigenvalue weighted by molar-refractivity contribution is -0.121. The number of fused-ring (bicyclic) bond motifs is 1. The minimum Gasteiger partial charge on any atom is -0.356 e. The van der Waals surface area contributed by atoms with Crippen molar-refractivity contribution in [3.63, 3.8) is 0 Å². The number of aryl methyl sites for hydroxylation is 3. The average Bonchev–Trinajstić information content (AvgIpc) is 3.35. The van der Waals surface area contributed by atoms with Gasteiger partial charge in [0.05, 0.1) is 5.69 Å². The summed E-state index contributed by atoms with van der Waals surface area (Å²) in [4.78, 5) is 21.3. The van der Waals surface area contributed by atoms with Crippen molar-refractivity contribution in [2.45, 2.75) is 40.0 Å². The number of nitrogens with zero attached hydrogens (tertiary/aromatic N) is 5. The Morgan fingerprint density at radius 1 is 1.13 bits per heavy atom. The third kappa shape index (κ3) is 4.74. The van der Waals surface area contributed by atoms with Crippen molar-refractivity contribution >= 4 is 23.2 Å². The van der Waals surface area contributed by atoms with Crippen LogP contribution < -0.4 is 5.32 Å². The van der Waals surface area contributed by atoms with E-state index in [0.29, 0.717) is 42.5 Å². The molecule has 0 unspecified atom stereocenters. The molecule has 4 aromatic rings. The molecule has 0 spiro atoms. The Kier molecular flexibility index (Phi) is 5.99. The van der Waals surface area contributed by atoms with Gasteiger partial charge in [-0.3, -0.25) is 4.79 Å². The molecule has 9 heteroatoms. The molecule has 0 radical (unpaired) electrons. The number of benzene rings is 1. The van der Waals surface area contributed by atoms with Gasteiger partial charge >= 0.3 is 0 Å².